The Morgan fingerprint density at radius 2 is 1.57 bits per heavy atom. The molecule has 0 radical (unpaired) electrons. The number of carbonyl (C=O) groups excluding carboxylic acids is 3. The maximum absolute atomic E-state index is 13.4. The van der Waals surface area contributed by atoms with Crippen molar-refractivity contribution in [1.82, 2.24) is 4.90 Å². The van der Waals surface area contributed by atoms with Gasteiger partial charge in [0.25, 0.3) is 0 Å². The van der Waals surface area contributed by atoms with E-state index in [-0.39, 0.29) is 17.6 Å². The van der Waals surface area contributed by atoms with Crippen LogP contribution in [-0.2, 0) is 27.3 Å². The highest BCUT2D eigenvalue weighted by molar-refractivity contribution is 6.12. The molecule has 0 spiro atoms. The van der Waals surface area contributed by atoms with Gasteiger partial charge in [-0.2, -0.15) is 0 Å². The number of ether oxygens (including phenoxy) is 2. The predicted molar refractivity (Wildman–Crippen MR) is 180 cm³/mol. The maximum Gasteiger partial charge on any atom is 0.328 e. The van der Waals surface area contributed by atoms with Crippen molar-refractivity contribution < 1.29 is 23.9 Å². The van der Waals surface area contributed by atoms with Gasteiger partial charge in [0.1, 0.15) is 18.4 Å². The van der Waals surface area contributed by atoms with Gasteiger partial charge in [0.2, 0.25) is 5.91 Å². The topological polar surface area (TPSA) is 84.9 Å². The van der Waals surface area contributed by atoms with Gasteiger partial charge in [-0.25, -0.2) is 4.79 Å². The Balaban J connectivity index is 1.21. The van der Waals surface area contributed by atoms with Gasteiger partial charge in [-0.15, -0.1) is 0 Å². The molecule has 4 aromatic carbocycles. The van der Waals surface area contributed by atoms with E-state index in [9.17, 15) is 14.4 Å². The number of aryl methyl sites for hydroxylation is 1. The number of methoxy groups -OCH3 is 1. The molecule has 0 bridgehead atoms. The number of benzene rings is 4. The van der Waals surface area contributed by atoms with Gasteiger partial charge in [-0.05, 0) is 55.2 Å². The molecule has 1 aliphatic carbocycles. The summed E-state index contributed by atoms with van der Waals surface area (Å²) in [5.41, 5.74) is 4.82. The summed E-state index contributed by atoms with van der Waals surface area (Å²) in [6.07, 6.45) is 4.50. The van der Waals surface area contributed by atoms with Crippen molar-refractivity contribution in [3.8, 4) is 5.75 Å². The molecular weight excluding hydrogens is 576 g/mol. The number of anilines is 1. The third kappa shape index (κ3) is 8.62. The second kappa shape index (κ2) is 15.9. The lowest BCUT2D eigenvalue weighted by Gasteiger charge is -2.26. The summed E-state index contributed by atoms with van der Waals surface area (Å²) in [5.74, 6) is 0.448. The number of para-hydroxylation sites is 1. The molecule has 1 atom stereocenters. The fourth-order valence-electron chi connectivity index (χ4n) is 6.04. The number of carbonyl (C=O) groups is 3. The van der Waals surface area contributed by atoms with Crippen LogP contribution in [0.1, 0.15) is 58.3 Å². The van der Waals surface area contributed by atoms with Crippen molar-refractivity contribution in [3.05, 3.63) is 131 Å². The van der Waals surface area contributed by atoms with Crippen LogP contribution in [0.5, 0.6) is 5.75 Å². The van der Waals surface area contributed by atoms with E-state index >= 15 is 0 Å². The van der Waals surface area contributed by atoms with Crippen molar-refractivity contribution in [2.75, 3.05) is 25.6 Å². The van der Waals surface area contributed by atoms with E-state index < -0.39 is 12.0 Å². The minimum absolute atomic E-state index is 0.101. The third-order valence-electron chi connectivity index (χ3n) is 8.49. The lowest BCUT2D eigenvalue weighted by atomic mass is 10.00. The molecule has 0 unspecified atom stereocenters. The first-order valence-corrected chi connectivity index (χ1v) is 16.0. The first kappa shape index (κ1) is 32.5. The standard InChI is InChI=1S/C39H42N2O5/c1-28-11-10-12-30(25-28)27-41(38(43)32-15-6-7-16-32)23-24-46-33-21-19-29(20-22-33)26-36(39(44)45-2)40-35-18-9-8-17-34(35)37(42)31-13-4-3-5-14-31/h3-5,8-14,17-22,25,32,36,40H,6-7,15-16,23-24,26-27H2,1-2H3/t36-/m0/s1. The number of nitrogens with zero attached hydrogens (tertiary/aromatic N) is 1. The van der Waals surface area contributed by atoms with Crippen molar-refractivity contribution in [2.24, 2.45) is 5.92 Å². The van der Waals surface area contributed by atoms with Gasteiger partial charge in [-0.3, -0.25) is 9.59 Å². The summed E-state index contributed by atoms with van der Waals surface area (Å²) < 4.78 is 11.2. The van der Waals surface area contributed by atoms with Crippen LogP contribution >= 0.6 is 0 Å². The molecule has 1 fully saturated rings. The molecule has 0 heterocycles. The summed E-state index contributed by atoms with van der Waals surface area (Å²) in [4.78, 5) is 41.4. The van der Waals surface area contributed by atoms with Crippen molar-refractivity contribution in [1.29, 1.82) is 0 Å². The number of hydrogen-bond acceptors (Lipinski definition) is 6. The Labute approximate surface area is 271 Å². The molecule has 0 aromatic heterocycles. The van der Waals surface area contributed by atoms with Gasteiger partial charge in [0.05, 0.1) is 13.7 Å². The molecule has 4 aromatic rings. The van der Waals surface area contributed by atoms with E-state index in [1.54, 1.807) is 30.3 Å². The van der Waals surface area contributed by atoms with Crippen LogP contribution in [0.25, 0.3) is 0 Å². The third-order valence-corrected chi connectivity index (χ3v) is 8.49. The highest BCUT2D eigenvalue weighted by atomic mass is 16.5. The Hall–Kier alpha value is -4.91. The lowest BCUT2D eigenvalue weighted by molar-refractivity contribution is -0.141. The summed E-state index contributed by atoms with van der Waals surface area (Å²) in [7, 11) is 1.36. The minimum atomic E-state index is -0.710. The summed E-state index contributed by atoms with van der Waals surface area (Å²) >= 11 is 0. The molecule has 46 heavy (non-hydrogen) atoms. The van der Waals surface area contributed by atoms with Crippen LogP contribution in [0.15, 0.2) is 103 Å². The fraction of sp³-hybridized carbons (Fsp3) is 0.308. The van der Waals surface area contributed by atoms with E-state index in [1.807, 2.05) is 59.5 Å². The normalized spacial score (nSPS) is 13.5. The number of ketones is 1. The number of esters is 1. The highest BCUT2D eigenvalue weighted by Gasteiger charge is 2.27. The molecule has 5 rings (SSSR count). The Bertz CT molecular complexity index is 1610. The zero-order valence-corrected chi connectivity index (χ0v) is 26.6. The Morgan fingerprint density at radius 1 is 0.848 bits per heavy atom. The first-order chi connectivity index (χ1) is 22.4. The SMILES string of the molecule is COC(=O)[C@H](Cc1ccc(OCCN(Cc2cccc(C)c2)C(=O)C2CCCC2)cc1)Nc1ccccc1C(=O)c1ccccc1. The minimum Gasteiger partial charge on any atom is -0.492 e. The zero-order chi connectivity index (χ0) is 32.3. The Morgan fingerprint density at radius 3 is 2.28 bits per heavy atom. The maximum atomic E-state index is 13.4. The summed E-state index contributed by atoms with van der Waals surface area (Å²) in [6, 6.07) is 31.4. The summed E-state index contributed by atoms with van der Waals surface area (Å²) in [5, 5.41) is 3.25. The number of amides is 1. The van der Waals surface area contributed by atoms with Gasteiger partial charge < -0.3 is 19.7 Å². The van der Waals surface area contributed by atoms with Gasteiger partial charge in [0, 0.05) is 35.7 Å². The molecule has 0 aliphatic heterocycles. The lowest BCUT2D eigenvalue weighted by Crippen LogP contribution is -2.37. The van der Waals surface area contributed by atoms with E-state index in [4.69, 9.17) is 9.47 Å². The van der Waals surface area contributed by atoms with Gasteiger partial charge in [-0.1, -0.05) is 97.3 Å². The quantitative estimate of drug-likeness (QED) is 0.121. The molecule has 0 saturated heterocycles. The van der Waals surface area contributed by atoms with Crippen molar-refractivity contribution >= 4 is 23.3 Å². The van der Waals surface area contributed by atoms with Gasteiger partial charge in [0.15, 0.2) is 5.78 Å². The molecule has 1 saturated carbocycles. The van der Waals surface area contributed by atoms with Crippen molar-refractivity contribution in [3.63, 3.8) is 0 Å². The number of hydrogen-bond donors (Lipinski definition) is 1. The molecule has 1 aliphatic rings. The van der Waals surface area contributed by atoms with E-state index in [1.165, 1.54) is 12.7 Å². The average Bonchev–Trinajstić information content (AvgIpc) is 3.63. The molecule has 1 N–H and O–H groups in total. The molecule has 7 nitrogen and oxygen atoms in total. The van der Waals surface area contributed by atoms with E-state index in [0.717, 1.165) is 36.8 Å². The molecule has 1 amide bonds. The average molecular weight is 619 g/mol. The second-order valence-electron chi connectivity index (χ2n) is 11.9. The van der Waals surface area contributed by atoms with Crippen LogP contribution < -0.4 is 10.1 Å². The number of rotatable bonds is 14. The molecule has 238 valence electrons. The fourth-order valence-corrected chi connectivity index (χ4v) is 6.04. The molecular formula is C39H42N2O5. The Kier molecular flexibility index (Phi) is 11.2. The molecule has 7 heteroatoms. The predicted octanol–water partition coefficient (Wildman–Crippen LogP) is 7.02. The van der Waals surface area contributed by atoms with Crippen LogP contribution in [0, 0.1) is 12.8 Å². The van der Waals surface area contributed by atoms with Gasteiger partial charge >= 0.3 is 5.97 Å². The summed E-state index contributed by atoms with van der Waals surface area (Å²) in [6.45, 7) is 3.51. The second-order valence-corrected chi connectivity index (χ2v) is 11.9. The van der Waals surface area contributed by atoms with Crippen LogP contribution in [0.2, 0.25) is 0 Å². The smallest absolute Gasteiger partial charge is 0.328 e. The monoisotopic (exact) mass is 618 g/mol. The van der Waals surface area contributed by atoms with Crippen LogP contribution in [0.3, 0.4) is 0 Å². The first-order valence-electron chi connectivity index (χ1n) is 16.0. The van der Waals surface area contributed by atoms with Crippen molar-refractivity contribution in [2.45, 2.75) is 51.6 Å². The highest BCUT2D eigenvalue weighted by Crippen LogP contribution is 2.27. The largest absolute Gasteiger partial charge is 0.492 e. The van der Waals surface area contributed by atoms with E-state index in [0.29, 0.717) is 48.7 Å². The van der Waals surface area contributed by atoms with Crippen LogP contribution in [0.4, 0.5) is 5.69 Å². The van der Waals surface area contributed by atoms with Crippen LogP contribution in [-0.4, -0.2) is 48.9 Å². The van der Waals surface area contributed by atoms with E-state index in [2.05, 4.69) is 30.4 Å². The zero-order valence-electron chi connectivity index (χ0n) is 26.6. The number of nitrogens with one attached hydrogen (secondary N) is 1.